The van der Waals surface area contributed by atoms with Gasteiger partial charge in [-0.1, -0.05) is 46.3 Å². The van der Waals surface area contributed by atoms with Crippen LogP contribution in [-0.4, -0.2) is 34.5 Å². The first kappa shape index (κ1) is 13.6. The molecule has 1 saturated carbocycles. The predicted octanol–water partition coefficient (Wildman–Crippen LogP) is 3.45. The van der Waals surface area contributed by atoms with Crippen molar-refractivity contribution in [3.05, 3.63) is 35.9 Å². The SMILES string of the molecule is CC(C)O[C@@H]1C[C@H]2CN(Cc3ccccc3)[C@H]1[C@H]2Br. The summed E-state index contributed by atoms with van der Waals surface area (Å²) in [5, 5.41) is 0. The van der Waals surface area contributed by atoms with E-state index in [-0.39, 0.29) is 0 Å². The molecule has 0 spiro atoms. The van der Waals surface area contributed by atoms with Crippen molar-refractivity contribution in [2.24, 2.45) is 5.92 Å². The molecular formula is C16H22BrNO. The summed E-state index contributed by atoms with van der Waals surface area (Å²) in [5.74, 6) is 0.748. The van der Waals surface area contributed by atoms with Gasteiger partial charge < -0.3 is 4.74 Å². The Bertz CT molecular complexity index is 420. The Morgan fingerprint density at radius 1 is 1.32 bits per heavy atom. The van der Waals surface area contributed by atoms with Crippen molar-refractivity contribution in [3.8, 4) is 0 Å². The lowest BCUT2D eigenvalue weighted by Crippen LogP contribution is -2.44. The zero-order chi connectivity index (χ0) is 13.4. The number of ether oxygens (including phenoxy) is 1. The summed E-state index contributed by atoms with van der Waals surface area (Å²) in [6, 6.07) is 11.3. The number of hydrogen-bond acceptors (Lipinski definition) is 2. The smallest absolute Gasteiger partial charge is 0.0748 e. The minimum atomic E-state index is 0.322. The highest BCUT2D eigenvalue weighted by atomic mass is 79.9. The summed E-state index contributed by atoms with van der Waals surface area (Å²) < 4.78 is 6.11. The summed E-state index contributed by atoms with van der Waals surface area (Å²) in [6.07, 6.45) is 1.93. The van der Waals surface area contributed by atoms with Crippen LogP contribution in [0.25, 0.3) is 0 Å². The molecule has 0 aromatic heterocycles. The number of rotatable bonds is 4. The van der Waals surface area contributed by atoms with Crippen molar-refractivity contribution >= 4 is 15.9 Å². The van der Waals surface area contributed by atoms with E-state index < -0.39 is 0 Å². The maximum Gasteiger partial charge on any atom is 0.0748 e. The average molecular weight is 324 g/mol. The van der Waals surface area contributed by atoms with Gasteiger partial charge in [-0.25, -0.2) is 0 Å². The zero-order valence-electron chi connectivity index (χ0n) is 11.6. The first-order chi connectivity index (χ1) is 9.15. The number of nitrogens with zero attached hydrogens (tertiary/aromatic N) is 1. The topological polar surface area (TPSA) is 12.5 Å². The van der Waals surface area contributed by atoms with Crippen LogP contribution in [0.2, 0.25) is 0 Å². The van der Waals surface area contributed by atoms with Crippen LogP contribution in [0.1, 0.15) is 25.8 Å². The fourth-order valence-corrected chi connectivity index (χ4v) is 4.62. The van der Waals surface area contributed by atoms with Crippen LogP contribution >= 0.6 is 15.9 Å². The van der Waals surface area contributed by atoms with Crippen LogP contribution in [-0.2, 0) is 11.3 Å². The largest absolute Gasteiger partial charge is 0.374 e. The molecule has 0 radical (unpaired) electrons. The van der Waals surface area contributed by atoms with Gasteiger partial charge in [-0.15, -0.1) is 0 Å². The number of halogens is 1. The van der Waals surface area contributed by atoms with Crippen LogP contribution < -0.4 is 0 Å². The maximum atomic E-state index is 6.11. The second-order valence-corrected chi connectivity index (χ2v) is 7.13. The van der Waals surface area contributed by atoms with Crippen LogP contribution in [0.15, 0.2) is 30.3 Å². The molecule has 1 saturated heterocycles. The molecule has 2 bridgehead atoms. The van der Waals surface area contributed by atoms with Crippen LogP contribution in [0.3, 0.4) is 0 Å². The van der Waals surface area contributed by atoms with Crippen LogP contribution in [0.4, 0.5) is 0 Å². The number of likely N-dealkylation sites (tertiary alicyclic amines) is 1. The zero-order valence-corrected chi connectivity index (χ0v) is 13.2. The maximum absolute atomic E-state index is 6.11. The van der Waals surface area contributed by atoms with Gasteiger partial charge in [0.25, 0.3) is 0 Å². The van der Waals surface area contributed by atoms with Crippen molar-refractivity contribution in [3.63, 3.8) is 0 Å². The Hall–Kier alpha value is -0.380. The molecule has 3 rings (SSSR count). The summed E-state index contributed by atoms with van der Waals surface area (Å²) >= 11 is 3.89. The fraction of sp³-hybridized carbons (Fsp3) is 0.625. The molecule has 1 aromatic rings. The molecule has 1 aromatic carbocycles. The van der Waals surface area contributed by atoms with E-state index in [1.165, 1.54) is 18.5 Å². The normalized spacial score (nSPS) is 34.3. The molecule has 0 amide bonds. The van der Waals surface area contributed by atoms with Crippen molar-refractivity contribution in [1.29, 1.82) is 0 Å². The second-order valence-electron chi connectivity index (χ2n) is 6.07. The second kappa shape index (κ2) is 5.55. The quantitative estimate of drug-likeness (QED) is 0.787. The molecular weight excluding hydrogens is 302 g/mol. The van der Waals surface area contributed by atoms with Crippen molar-refractivity contribution in [1.82, 2.24) is 4.90 Å². The Kier molecular flexibility index (Phi) is 3.97. The van der Waals surface area contributed by atoms with Gasteiger partial charge in [0.1, 0.15) is 0 Å². The highest BCUT2D eigenvalue weighted by Gasteiger charge is 2.52. The number of alkyl halides is 1. The Morgan fingerprint density at radius 3 is 2.68 bits per heavy atom. The third kappa shape index (κ3) is 2.74. The molecule has 0 unspecified atom stereocenters. The summed E-state index contributed by atoms with van der Waals surface area (Å²) in [5.41, 5.74) is 1.40. The Morgan fingerprint density at radius 2 is 2.05 bits per heavy atom. The number of benzene rings is 1. The molecule has 3 heteroatoms. The Balaban J connectivity index is 1.70. The third-order valence-electron chi connectivity index (χ3n) is 4.26. The van der Waals surface area contributed by atoms with Crippen molar-refractivity contribution in [2.45, 2.75) is 49.9 Å². The van der Waals surface area contributed by atoms with Gasteiger partial charge in [0.15, 0.2) is 0 Å². The molecule has 104 valence electrons. The Labute approximate surface area is 124 Å². The van der Waals surface area contributed by atoms with E-state index in [0.29, 0.717) is 23.1 Å². The molecule has 19 heavy (non-hydrogen) atoms. The van der Waals surface area contributed by atoms with Crippen molar-refractivity contribution in [2.75, 3.05) is 6.54 Å². The van der Waals surface area contributed by atoms with E-state index in [4.69, 9.17) is 4.74 Å². The van der Waals surface area contributed by atoms with Gasteiger partial charge in [0.2, 0.25) is 0 Å². The van der Waals surface area contributed by atoms with Gasteiger partial charge in [0, 0.05) is 24.0 Å². The highest BCUT2D eigenvalue weighted by molar-refractivity contribution is 9.09. The standard InChI is InChI=1S/C16H22BrNO/c1-11(2)19-14-8-13-10-18(16(14)15(13)17)9-12-6-4-3-5-7-12/h3-7,11,13-16H,8-10H2,1-2H3/t13-,14+,15-,16+/m0/s1. The fourth-order valence-electron chi connectivity index (χ4n) is 3.56. The van der Waals surface area contributed by atoms with E-state index in [0.717, 1.165) is 12.5 Å². The minimum absolute atomic E-state index is 0.322. The molecule has 1 heterocycles. The summed E-state index contributed by atoms with van der Waals surface area (Å²) in [6.45, 7) is 6.52. The van der Waals surface area contributed by atoms with Gasteiger partial charge in [0.05, 0.1) is 12.2 Å². The lowest BCUT2D eigenvalue weighted by Gasteiger charge is -2.34. The van der Waals surface area contributed by atoms with Gasteiger partial charge in [-0.05, 0) is 31.7 Å². The minimum Gasteiger partial charge on any atom is -0.374 e. The van der Waals surface area contributed by atoms with Crippen LogP contribution in [0, 0.1) is 5.92 Å². The lowest BCUT2D eigenvalue weighted by atomic mass is 10.1. The molecule has 1 aliphatic heterocycles. The predicted molar refractivity (Wildman–Crippen MR) is 81.5 cm³/mol. The van der Waals surface area contributed by atoms with Crippen molar-refractivity contribution < 1.29 is 4.74 Å². The molecule has 0 N–H and O–H groups in total. The monoisotopic (exact) mass is 323 g/mol. The molecule has 2 fully saturated rings. The van der Waals surface area contributed by atoms with Crippen LogP contribution in [0.5, 0.6) is 0 Å². The summed E-state index contributed by atoms with van der Waals surface area (Å²) in [4.78, 5) is 3.19. The first-order valence-electron chi connectivity index (χ1n) is 7.22. The summed E-state index contributed by atoms with van der Waals surface area (Å²) in [7, 11) is 0. The number of fused-ring (bicyclic) bond motifs is 2. The molecule has 1 aliphatic carbocycles. The van der Waals surface area contributed by atoms with E-state index >= 15 is 0 Å². The first-order valence-corrected chi connectivity index (χ1v) is 8.14. The van der Waals surface area contributed by atoms with E-state index in [1.54, 1.807) is 0 Å². The highest BCUT2D eigenvalue weighted by Crippen LogP contribution is 2.44. The van der Waals surface area contributed by atoms with Gasteiger partial charge >= 0.3 is 0 Å². The average Bonchev–Trinajstić information content (AvgIpc) is 2.81. The molecule has 2 aliphatic rings. The number of hydrogen-bond donors (Lipinski definition) is 0. The van der Waals surface area contributed by atoms with Gasteiger partial charge in [-0.3, -0.25) is 4.90 Å². The lowest BCUT2D eigenvalue weighted by molar-refractivity contribution is -0.0433. The number of piperidine rings is 1. The van der Waals surface area contributed by atoms with E-state index in [1.807, 2.05) is 0 Å². The molecule has 2 nitrogen and oxygen atoms in total. The van der Waals surface area contributed by atoms with E-state index in [2.05, 4.69) is 65.0 Å². The van der Waals surface area contributed by atoms with E-state index in [9.17, 15) is 0 Å². The van der Waals surface area contributed by atoms with Gasteiger partial charge in [-0.2, -0.15) is 0 Å². The third-order valence-corrected chi connectivity index (χ3v) is 5.55. The molecule has 4 atom stereocenters.